The van der Waals surface area contributed by atoms with Crippen molar-refractivity contribution in [2.24, 2.45) is 11.8 Å². The fraction of sp³-hybridized carbons (Fsp3) is 0.576. The molecule has 1 spiro atoms. The SMILES string of the molecule is COC(=O)Nc1cccc2c1CCC[C@]21CNC[C@H]1C(=O)N1CC[C@@H](c2ccccc2)C[C@H]1C1CCCCC1. The third-order valence-corrected chi connectivity index (χ3v) is 10.3. The molecule has 6 rings (SSSR count). The van der Waals surface area contributed by atoms with E-state index >= 15 is 0 Å². The monoisotopic (exact) mass is 529 g/mol. The fourth-order valence-electron chi connectivity index (χ4n) is 8.41. The van der Waals surface area contributed by atoms with Gasteiger partial charge in [0, 0.05) is 36.8 Å². The number of hydrogen-bond donors (Lipinski definition) is 2. The molecule has 0 unspecified atom stereocenters. The Kier molecular flexibility index (Phi) is 7.66. The van der Waals surface area contributed by atoms with E-state index in [1.54, 1.807) is 0 Å². The first-order valence-corrected chi connectivity index (χ1v) is 15.1. The molecule has 4 aliphatic rings. The minimum Gasteiger partial charge on any atom is -0.453 e. The van der Waals surface area contributed by atoms with Crippen molar-refractivity contribution in [2.45, 2.75) is 81.6 Å². The summed E-state index contributed by atoms with van der Waals surface area (Å²) in [5.74, 6) is 1.40. The number of carbonyl (C=O) groups is 2. The number of anilines is 1. The Morgan fingerprint density at radius 1 is 1.00 bits per heavy atom. The molecule has 2 aromatic carbocycles. The number of fused-ring (bicyclic) bond motifs is 2. The molecule has 0 radical (unpaired) electrons. The van der Waals surface area contributed by atoms with E-state index in [2.05, 4.69) is 51.9 Å². The van der Waals surface area contributed by atoms with E-state index in [9.17, 15) is 9.59 Å². The van der Waals surface area contributed by atoms with Gasteiger partial charge in [-0.25, -0.2) is 4.79 Å². The van der Waals surface area contributed by atoms with E-state index in [0.717, 1.165) is 57.4 Å². The van der Waals surface area contributed by atoms with Gasteiger partial charge in [-0.1, -0.05) is 61.7 Å². The van der Waals surface area contributed by atoms with Gasteiger partial charge in [-0.2, -0.15) is 0 Å². The van der Waals surface area contributed by atoms with Crippen molar-refractivity contribution in [3.63, 3.8) is 0 Å². The third kappa shape index (κ3) is 4.97. The van der Waals surface area contributed by atoms with Gasteiger partial charge < -0.3 is 15.0 Å². The smallest absolute Gasteiger partial charge is 0.411 e. The predicted octanol–water partition coefficient (Wildman–Crippen LogP) is 6.01. The van der Waals surface area contributed by atoms with E-state index in [1.165, 1.54) is 55.9 Å². The maximum absolute atomic E-state index is 14.7. The topological polar surface area (TPSA) is 70.7 Å². The molecule has 2 aliphatic carbocycles. The van der Waals surface area contributed by atoms with Crippen LogP contribution in [0.4, 0.5) is 10.5 Å². The Hall–Kier alpha value is -2.86. The van der Waals surface area contributed by atoms with Crippen LogP contribution in [0.5, 0.6) is 0 Å². The molecule has 4 atom stereocenters. The molecule has 1 saturated carbocycles. The molecular weight excluding hydrogens is 486 g/mol. The minimum atomic E-state index is -0.447. The van der Waals surface area contributed by atoms with E-state index < -0.39 is 6.09 Å². The van der Waals surface area contributed by atoms with E-state index in [1.807, 2.05) is 12.1 Å². The van der Waals surface area contributed by atoms with Gasteiger partial charge in [0.2, 0.25) is 5.91 Å². The van der Waals surface area contributed by atoms with E-state index in [0.29, 0.717) is 23.8 Å². The number of methoxy groups -OCH3 is 1. The number of rotatable bonds is 4. The second-order valence-electron chi connectivity index (χ2n) is 12.3. The van der Waals surface area contributed by atoms with Crippen molar-refractivity contribution in [3.8, 4) is 0 Å². The summed E-state index contributed by atoms with van der Waals surface area (Å²) in [4.78, 5) is 29.1. The number of amides is 2. The molecule has 2 N–H and O–H groups in total. The average Bonchev–Trinajstić information content (AvgIpc) is 3.41. The van der Waals surface area contributed by atoms with Gasteiger partial charge in [0.1, 0.15) is 0 Å². The summed E-state index contributed by atoms with van der Waals surface area (Å²) in [6, 6.07) is 17.5. The van der Waals surface area contributed by atoms with Gasteiger partial charge in [0.25, 0.3) is 0 Å². The van der Waals surface area contributed by atoms with Crippen LogP contribution in [0.2, 0.25) is 0 Å². The van der Waals surface area contributed by atoms with Gasteiger partial charge in [-0.15, -0.1) is 0 Å². The summed E-state index contributed by atoms with van der Waals surface area (Å²) in [6.07, 6.45) is 11.0. The molecule has 6 heteroatoms. The summed E-state index contributed by atoms with van der Waals surface area (Å²) in [7, 11) is 1.39. The zero-order valence-electron chi connectivity index (χ0n) is 23.3. The van der Waals surface area contributed by atoms with Crippen LogP contribution in [0.3, 0.4) is 0 Å². The number of likely N-dealkylation sites (tertiary alicyclic amines) is 1. The number of nitrogens with zero attached hydrogens (tertiary/aromatic N) is 1. The van der Waals surface area contributed by atoms with Crippen LogP contribution >= 0.6 is 0 Å². The zero-order valence-corrected chi connectivity index (χ0v) is 23.3. The molecule has 0 bridgehead atoms. The average molecular weight is 530 g/mol. The molecule has 2 aromatic rings. The molecule has 2 aliphatic heterocycles. The van der Waals surface area contributed by atoms with Crippen molar-refractivity contribution >= 4 is 17.7 Å². The van der Waals surface area contributed by atoms with Crippen molar-refractivity contribution in [1.82, 2.24) is 10.2 Å². The summed E-state index contributed by atoms with van der Waals surface area (Å²) < 4.78 is 4.89. The second-order valence-corrected chi connectivity index (χ2v) is 12.3. The van der Waals surface area contributed by atoms with E-state index in [4.69, 9.17) is 4.74 Å². The largest absolute Gasteiger partial charge is 0.453 e. The van der Waals surface area contributed by atoms with Crippen LogP contribution in [0.15, 0.2) is 48.5 Å². The molecule has 0 aromatic heterocycles. The highest BCUT2D eigenvalue weighted by molar-refractivity contribution is 5.87. The van der Waals surface area contributed by atoms with Crippen LogP contribution in [0.25, 0.3) is 0 Å². The van der Waals surface area contributed by atoms with Crippen molar-refractivity contribution in [3.05, 3.63) is 65.2 Å². The minimum absolute atomic E-state index is 0.0794. The van der Waals surface area contributed by atoms with Crippen LogP contribution < -0.4 is 10.6 Å². The lowest BCUT2D eigenvalue weighted by Crippen LogP contribution is -2.55. The Morgan fingerprint density at radius 2 is 1.82 bits per heavy atom. The molecule has 2 saturated heterocycles. The summed E-state index contributed by atoms with van der Waals surface area (Å²) in [5.41, 5.74) is 4.42. The van der Waals surface area contributed by atoms with Gasteiger partial charge in [0.15, 0.2) is 0 Å². The van der Waals surface area contributed by atoms with Gasteiger partial charge in [-0.05, 0) is 79.5 Å². The highest BCUT2D eigenvalue weighted by Crippen LogP contribution is 2.49. The maximum Gasteiger partial charge on any atom is 0.411 e. The summed E-state index contributed by atoms with van der Waals surface area (Å²) >= 11 is 0. The molecule has 39 heavy (non-hydrogen) atoms. The van der Waals surface area contributed by atoms with Gasteiger partial charge >= 0.3 is 6.09 Å². The maximum atomic E-state index is 14.7. The molecule has 3 fully saturated rings. The Balaban J connectivity index is 1.30. The first-order valence-electron chi connectivity index (χ1n) is 15.1. The molecule has 2 amide bonds. The lowest BCUT2D eigenvalue weighted by atomic mass is 9.63. The standard InChI is InChI=1S/C33H43N3O3/c1-39-32(38)35-29-16-8-15-27-26(29)14-9-18-33(27)22-34-21-28(33)31(37)36-19-17-25(23-10-4-2-5-11-23)20-30(36)24-12-6-3-7-13-24/h2,4-5,8,10-11,15-16,24-25,28,30,34H,3,6-7,9,12-14,17-22H2,1H3,(H,35,38)/t25-,28+,30+,33+/m1/s1. The first-order chi connectivity index (χ1) is 19.1. The number of nitrogens with one attached hydrogen (secondary N) is 2. The summed E-state index contributed by atoms with van der Waals surface area (Å²) in [5, 5.41) is 6.56. The highest BCUT2D eigenvalue weighted by Gasteiger charge is 2.52. The lowest BCUT2D eigenvalue weighted by molar-refractivity contribution is -0.143. The van der Waals surface area contributed by atoms with Crippen molar-refractivity contribution < 1.29 is 14.3 Å². The number of ether oxygens (including phenoxy) is 1. The second kappa shape index (κ2) is 11.3. The normalized spacial score (nSPS) is 29.2. The van der Waals surface area contributed by atoms with Crippen molar-refractivity contribution in [1.29, 1.82) is 0 Å². The molecule has 208 valence electrons. The Bertz CT molecular complexity index is 1180. The molecule has 6 nitrogen and oxygen atoms in total. The predicted molar refractivity (Wildman–Crippen MR) is 154 cm³/mol. The summed E-state index contributed by atoms with van der Waals surface area (Å²) in [6.45, 7) is 2.39. The number of piperidine rings is 1. The van der Waals surface area contributed by atoms with Crippen LogP contribution in [0.1, 0.15) is 80.4 Å². The lowest BCUT2D eigenvalue weighted by Gasteiger charge is -2.48. The van der Waals surface area contributed by atoms with Gasteiger partial charge in [0.05, 0.1) is 13.0 Å². The van der Waals surface area contributed by atoms with E-state index in [-0.39, 0.29) is 11.3 Å². The quantitative estimate of drug-likeness (QED) is 0.509. The fourth-order valence-corrected chi connectivity index (χ4v) is 8.41. The van der Waals surface area contributed by atoms with Gasteiger partial charge in [-0.3, -0.25) is 10.1 Å². The number of hydrogen-bond acceptors (Lipinski definition) is 4. The molecular formula is C33H43N3O3. The Labute approximate surface area is 232 Å². The zero-order chi connectivity index (χ0) is 26.8. The molecule has 2 heterocycles. The van der Waals surface area contributed by atoms with Crippen LogP contribution in [-0.4, -0.2) is 49.7 Å². The first kappa shape index (κ1) is 26.4. The van der Waals surface area contributed by atoms with Crippen molar-refractivity contribution in [2.75, 3.05) is 32.1 Å². The number of benzene rings is 2. The highest BCUT2D eigenvalue weighted by atomic mass is 16.5. The third-order valence-electron chi connectivity index (χ3n) is 10.3. The number of carbonyl (C=O) groups excluding carboxylic acids is 2. The Morgan fingerprint density at radius 3 is 2.62 bits per heavy atom. The van der Waals surface area contributed by atoms with Crippen LogP contribution in [-0.2, 0) is 21.4 Å². The van der Waals surface area contributed by atoms with Crippen LogP contribution in [0, 0.1) is 11.8 Å².